The van der Waals surface area contributed by atoms with E-state index in [-0.39, 0.29) is 14.7 Å². The van der Waals surface area contributed by atoms with E-state index in [1.54, 1.807) is 0 Å². The number of ether oxygens (including phenoxy) is 1. The van der Waals surface area contributed by atoms with E-state index in [0.717, 1.165) is 0 Å². The van der Waals surface area contributed by atoms with Gasteiger partial charge in [0.1, 0.15) is 5.75 Å². The summed E-state index contributed by atoms with van der Waals surface area (Å²) in [4.78, 5) is -0.350. The number of aryl methyl sites for hydroxylation is 2. The van der Waals surface area contributed by atoms with Crippen molar-refractivity contribution in [2.75, 3.05) is 7.11 Å². The van der Waals surface area contributed by atoms with Crippen LogP contribution in [0, 0.1) is 13.8 Å². The highest BCUT2D eigenvalue weighted by Crippen LogP contribution is 2.70. The topological polar surface area (TPSA) is 56.2 Å². The molecule has 0 fully saturated rings. The molecule has 0 radical (unpaired) electrons. The average molecular weight is 622 g/mol. The van der Waals surface area contributed by atoms with Gasteiger partial charge in [0.05, 0.1) is 32.1 Å². The molecule has 0 saturated heterocycles. The van der Waals surface area contributed by atoms with Gasteiger partial charge >= 0.3 is 33.4 Å². The molecule has 3 aromatic rings. The minimum Gasteiger partial charge on any atom is -0.496 e. The molecule has 220 valence electrons. The molecule has 15 heteroatoms. The summed E-state index contributed by atoms with van der Waals surface area (Å²) in [5.41, 5.74) is 0.684. The molecule has 3 rings (SSSR count). The molecule has 4 nitrogen and oxygen atoms in total. The van der Waals surface area contributed by atoms with Crippen LogP contribution >= 0.6 is 10.3 Å². The first-order chi connectivity index (χ1) is 18.3. The monoisotopic (exact) mass is 621 g/mol. The van der Waals surface area contributed by atoms with Crippen LogP contribution in [0.5, 0.6) is 5.75 Å². The van der Waals surface area contributed by atoms with Gasteiger partial charge in [0.25, 0.3) is 0 Å². The van der Waals surface area contributed by atoms with Gasteiger partial charge < -0.3 is 4.74 Å². The van der Waals surface area contributed by atoms with E-state index in [1.807, 2.05) is 0 Å². The highest BCUT2D eigenvalue weighted by Gasteiger charge is 2.88. The highest BCUT2D eigenvalue weighted by molar-refractivity contribution is 8.32. The molecule has 0 heterocycles. The number of benzene rings is 3. The zero-order valence-electron chi connectivity index (χ0n) is 20.8. The molecule has 0 aliphatic heterocycles. The first kappa shape index (κ1) is 31.6. The van der Waals surface area contributed by atoms with E-state index < -0.39 is 43.7 Å². The van der Waals surface area contributed by atoms with Gasteiger partial charge in [-0.05, 0) is 61.4 Å². The van der Waals surface area contributed by atoms with Crippen molar-refractivity contribution in [3.05, 3.63) is 83.9 Å². The van der Waals surface area contributed by atoms with E-state index in [4.69, 9.17) is 4.74 Å². The normalized spacial score (nSPS) is 14.2. The third kappa shape index (κ3) is 4.91. The Balaban J connectivity index is 2.42. The lowest BCUT2D eigenvalue weighted by atomic mass is 10.1. The van der Waals surface area contributed by atoms with E-state index in [9.17, 15) is 47.9 Å². The van der Waals surface area contributed by atoms with Crippen LogP contribution in [0.4, 0.5) is 39.5 Å². The van der Waals surface area contributed by atoms with Crippen molar-refractivity contribution in [1.29, 1.82) is 0 Å². The zero-order valence-corrected chi connectivity index (χ0v) is 22.5. The summed E-state index contributed by atoms with van der Waals surface area (Å²) >= 11 is 0. The van der Waals surface area contributed by atoms with Gasteiger partial charge in [0.2, 0.25) is 0 Å². The van der Waals surface area contributed by atoms with Gasteiger partial charge in [-0.2, -0.15) is 39.5 Å². The van der Waals surface area contributed by atoms with Gasteiger partial charge in [-0.25, -0.2) is 0 Å². The number of hydrogen-bond acceptors (Lipinski definition) is 3. The van der Waals surface area contributed by atoms with Crippen LogP contribution in [0.3, 0.4) is 0 Å². The Morgan fingerprint density at radius 3 is 1.40 bits per heavy atom. The molecule has 0 bridgehead atoms. The Morgan fingerprint density at radius 2 is 1.05 bits per heavy atom. The van der Waals surface area contributed by atoms with Gasteiger partial charge in [-0.1, -0.05) is 36.4 Å². The van der Waals surface area contributed by atoms with Crippen LogP contribution in [0.2, 0.25) is 0 Å². The summed E-state index contributed by atoms with van der Waals surface area (Å²) in [7, 11) is -9.76. The molecule has 0 aromatic heterocycles. The second-order valence-electron chi connectivity index (χ2n) is 8.51. The SMILES string of the molecule is COc1c(C)cc(S([OH+]S(=O)(=O)C(F)(F)C(F)(F)C(F)(F)C(F)(F)F)(c2ccccc2)c2ccccc2)cc1C. The molecule has 3 aromatic carbocycles. The van der Waals surface area contributed by atoms with Crippen molar-refractivity contribution in [3.63, 3.8) is 0 Å². The van der Waals surface area contributed by atoms with Crippen LogP contribution in [0.1, 0.15) is 11.1 Å². The molecule has 0 unspecified atom stereocenters. The summed E-state index contributed by atoms with van der Waals surface area (Å²) in [5.74, 6) is -14.5. The molecule has 0 spiro atoms. The maximum absolute atomic E-state index is 14.9. The summed E-state index contributed by atoms with van der Waals surface area (Å²) in [6, 6.07) is 15.9. The van der Waals surface area contributed by atoms with Crippen LogP contribution in [-0.4, -0.2) is 42.4 Å². The Labute approximate surface area is 225 Å². The van der Waals surface area contributed by atoms with E-state index in [2.05, 4.69) is 3.63 Å². The quantitative estimate of drug-likeness (QED) is 0.137. The zero-order chi connectivity index (χ0) is 30.4. The maximum Gasteiger partial charge on any atom is 0.486 e. The first-order valence-corrected chi connectivity index (χ1v) is 14.1. The third-order valence-electron chi connectivity index (χ3n) is 5.80. The Hall–Kier alpha value is -2.91. The Morgan fingerprint density at radius 1 is 0.650 bits per heavy atom. The second-order valence-corrected chi connectivity index (χ2v) is 13.1. The number of alkyl halides is 9. The lowest BCUT2D eigenvalue weighted by Crippen LogP contribution is -2.63. The summed E-state index contributed by atoms with van der Waals surface area (Å²) in [6.07, 6.45) is -7.21. The maximum atomic E-state index is 14.9. The molecule has 0 amide bonds. The van der Waals surface area contributed by atoms with Crippen molar-refractivity contribution >= 4 is 20.4 Å². The van der Waals surface area contributed by atoms with Crippen molar-refractivity contribution < 1.29 is 56.3 Å². The summed E-state index contributed by atoms with van der Waals surface area (Å²) < 4.78 is 159. The predicted octanol–water partition coefficient (Wildman–Crippen LogP) is 8.36. The number of hydrogen-bond donors (Lipinski definition) is 0. The molecule has 40 heavy (non-hydrogen) atoms. The van der Waals surface area contributed by atoms with Crippen LogP contribution < -0.4 is 4.74 Å². The Bertz CT molecular complexity index is 1400. The second kappa shape index (κ2) is 10.5. The molecule has 0 aliphatic rings. The fraction of sp³-hybridized carbons (Fsp3) is 0.280. The fourth-order valence-electron chi connectivity index (χ4n) is 3.89. The first-order valence-electron chi connectivity index (χ1n) is 11.1. The lowest BCUT2D eigenvalue weighted by Gasteiger charge is -2.37. The number of methoxy groups -OCH3 is 1. The van der Waals surface area contributed by atoms with Gasteiger partial charge in [-0.3, -0.25) is 3.63 Å². The van der Waals surface area contributed by atoms with Crippen molar-refractivity contribution in [1.82, 2.24) is 0 Å². The molecular formula is C25H22F9O4S2+. The fourth-order valence-corrected chi connectivity index (χ4v) is 9.54. The lowest BCUT2D eigenvalue weighted by molar-refractivity contribution is -0.382. The van der Waals surface area contributed by atoms with Crippen molar-refractivity contribution in [2.45, 2.75) is 51.8 Å². The smallest absolute Gasteiger partial charge is 0.486 e. The molecule has 0 saturated carbocycles. The molecule has 0 aliphatic carbocycles. The van der Waals surface area contributed by atoms with Crippen LogP contribution in [0.15, 0.2) is 87.5 Å². The molecular weight excluding hydrogens is 599 g/mol. The standard InChI is InChI=1S/C25H21F9O4S2/c1-16-14-20(15-17(2)21(16)37-3)39(18-10-6-4-7-11-18,19-12-8-5-9-13-19)38-40(35,36)25(33,34)23(28,29)22(26,27)24(30,31)32/h4-15H,1-3H3/p+1. The van der Waals surface area contributed by atoms with E-state index in [0.29, 0.717) is 16.9 Å². The summed E-state index contributed by atoms with van der Waals surface area (Å²) in [5, 5.41) is -6.99. The van der Waals surface area contributed by atoms with Crippen molar-refractivity contribution in [3.8, 4) is 5.75 Å². The van der Waals surface area contributed by atoms with Gasteiger partial charge in [0, 0.05) is 0 Å². The molecule has 1 N–H and O–H groups in total. The Kier molecular flexibility index (Phi) is 8.29. The number of rotatable bonds is 9. The van der Waals surface area contributed by atoms with Gasteiger partial charge in [-0.15, -0.1) is 8.42 Å². The van der Waals surface area contributed by atoms with Crippen LogP contribution in [-0.2, 0) is 10.1 Å². The third-order valence-corrected chi connectivity index (χ3v) is 11.2. The van der Waals surface area contributed by atoms with Crippen molar-refractivity contribution in [2.24, 2.45) is 0 Å². The highest BCUT2D eigenvalue weighted by atomic mass is 32.3. The number of halogens is 9. The van der Waals surface area contributed by atoms with Gasteiger partial charge in [0.15, 0.2) is 0 Å². The van der Waals surface area contributed by atoms with E-state index in [1.165, 1.54) is 93.8 Å². The summed E-state index contributed by atoms with van der Waals surface area (Å²) in [6.45, 7) is 3.02. The minimum atomic E-state index is -7.43. The van der Waals surface area contributed by atoms with Crippen LogP contribution in [0.25, 0.3) is 0 Å². The largest absolute Gasteiger partial charge is 0.496 e. The van der Waals surface area contributed by atoms with E-state index >= 15 is 0 Å². The predicted molar refractivity (Wildman–Crippen MR) is 130 cm³/mol. The minimum absolute atomic E-state index is 0.115. The molecule has 0 atom stereocenters. The average Bonchev–Trinajstić information content (AvgIpc) is 2.87.